The van der Waals surface area contributed by atoms with Gasteiger partial charge in [0.05, 0.1) is 40.2 Å². The molecule has 0 amide bonds. The largest absolute Gasteiger partial charge is 0.396 e. The van der Waals surface area contributed by atoms with Crippen molar-refractivity contribution in [1.29, 1.82) is 0 Å². The van der Waals surface area contributed by atoms with Crippen LogP contribution in [0.25, 0.3) is 20.8 Å². The number of aromatic nitrogens is 3. The molecule has 9 heteroatoms. The van der Waals surface area contributed by atoms with Crippen molar-refractivity contribution < 1.29 is 14.6 Å². The predicted molar refractivity (Wildman–Crippen MR) is 122 cm³/mol. The summed E-state index contributed by atoms with van der Waals surface area (Å²) in [6.45, 7) is 4.98. The van der Waals surface area contributed by atoms with Gasteiger partial charge in [-0.15, -0.1) is 11.3 Å². The van der Waals surface area contributed by atoms with E-state index in [2.05, 4.69) is 20.6 Å². The van der Waals surface area contributed by atoms with Gasteiger partial charge >= 0.3 is 0 Å². The number of para-hydroxylation sites is 1. The van der Waals surface area contributed by atoms with Crippen molar-refractivity contribution in [3.63, 3.8) is 0 Å². The summed E-state index contributed by atoms with van der Waals surface area (Å²) >= 11 is 1.55. The molecular formula is C22H28FN5O2S. The molecule has 4 N–H and O–H groups in total. The fraction of sp³-hybridized carbons (Fsp3) is 0.500. The summed E-state index contributed by atoms with van der Waals surface area (Å²) in [6, 6.07) is 7.66. The number of halogens is 1. The summed E-state index contributed by atoms with van der Waals surface area (Å²) in [5, 5.41) is 27.1. The van der Waals surface area contributed by atoms with E-state index in [0.29, 0.717) is 30.3 Å². The van der Waals surface area contributed by atoms with Crippen molar-refractivity contribution in [3.05, 3.63) is 30.0 Å². The highest BCUT2D eigenvalue weighted by atomic mass is 32.1. The van der Waals surface area contributed by atoms with Crippen molar-refractivity contribution in [2.75, 3.05) is 23.8 Å². The maximum absolute atomic E-state index is 14.0. The predicted octanol–water partition coefficient (Wildman–Crippen LogP) is 3.77. The van der Waals surface area contributed by atoms with Gasteiger partial charge in [0.1, 0.15) is 16.5 Å². The van der Waals surface area contributed by atoms with Crippen LogP contribution in [-0.2, 0) is 0 Å². The Balaban J connectivity index is 1.73. The molecule has 7 nitrogen and oxygen atoms in total. The summed E-state index contributed by atoms with van der Waals surface area (Å²) in [5.74, 6) is 0.918. The second kappa shape index (κ2) is 8.64. The summed E-state index contributed by atoms with van der Waals surface area (Å²) in [4.78, 5) is 13.9. The van der Waals surface area contributed by atoms with Crippen LogP contribution >= 0.6 is 11.3 Å². The van der Waals surface area contributed by atoms with E-state index in [1.807, 2.05) is 31.2 Å². The van der Waals surface area contributed by atoms with Crippen LogP contribution in [0.1, 0.15) is 32.4 Å². The number of hydrogen-bond acceptors (Lipinski definition) is 8. The fourth-order valence-corrected chi connectivity index (χ4v) is 4.94. The highest BCUT2D eigenvalue weighted by Gasteiger charge is 2.34. The van der Waals surface area contributed by atoms with Gasteiger partial charge in [-0.25, -0.2) is 14.4 Å². The molecule has 1 saturated carbocycles. The van der Waals surface area contributed by atoms with E-state index in [1.165, 1.54) is 13.8 Å². The number of nitrogens with one attached hydrogen (secondary N) is 2. The van der Waals surface area contributed by atoms with Gasteiger partial charge in [-0.1, -0.05) is 12.1 Å². The average molecular weight is 446 g/mol. The van der Waals surface area contributed by atoms with Gasteiger partial charge in [0.15, 0.2) is 0 Å². The number of alkyl halides is 1. The smallest absolute Gasteiger partial charge is 0.225 e. The van der Waals surface area contributed by atoms with E-state index >= 15 is 0 Å². The summed E-state index contributed by atoms with van der Waals surface area (Å²) in [5.41, 5.74) is 0.968. The molecule has 0 saturated heterocycles. The first-order valence-corrected chi connectivity index (χ1v) is 11.3. The lowest BCUT2D eigenvalue weighted by molar-refractivity contribution is 0.157. The third-order valence-electron chi connectivity index (χ3n) is 5.47. The molecule has 0 unspecified atom stereocenters. The van der Waals surface area contributed by atoms with E-state index in [1.54, 1.807) is 11.3 Å². The Labute approximate surface area is 184 Å². The molecule has 2 heterocycles. The van der Waals surface area contributed by atoms with E-state index in [0.717, 1.165) is 20.8 Å². The summed E-state index contributed by atoms with van der Waals surface area (Å²) < 4.78 is 15.1. The van der Waals surface area contributed by atoms with Gasteiger partial charge in [-0.3, -0.25) is 0 Å². The van der Waals surface area contributed by atoms with Gasteiger partial charge in [0, 0.05) is 6.61 Å². The number of aliphatic hydroxyl groups excluding tert-OH is 2. The highest BCUT2D eigenvalue weighted by molar-refractivity contribution is 7.21. The van der Waals surface area contributed by atoms with Gasteiger partial charge in [0.2, 0.25) is 5.95 Å². The number of thiazole rings is 1. The molecule has 1 aliphatic rings. The Morgan fingerprint density at radius 3 is 2.65 bits per heavy atom. The molecule has 166 valence electrons. The Kier molecular flexibility index (Phi) is 6.09. The molecule has 0 radical (unpaired) electrons. The molecule has 0 aliphatic heterocycles. The molecule has 1 fully saturated rings. The van der Waals surface area contributed by atoms with Crippen molar-refractivity contribution in [1.82, 2.24) is 15.0 Å². The van der Waals surface area contributed by atoms with Crippen molar-refractivity contribution >= 4 is 33.3 Å². The molecule has 0 spiro atoms. The number of benzene rings is 1. The maximum atomic E-state index is 14.0. The minimum absolute atomic E-state index is 0.0428. The second-order valence-corrected chi connectivity index (χ2v) is 9.78. The van der Waals surface area contributed by atoms with Crippen molar-refractivity contribution in [2.24, 2.45) is 5.92 Å². The van der Waals surface area contributed by atoms with Gasteiger partial charge in [-0.2, -0.15) is 4.98 Å². The zero-order valence-corrected chi connectivity index (χ0v) is 18.7. The lowest BCUT2D eigenvalue weighted by Gasteiger charge is -2.21. The molecule has 1 aromatic carbocycles. The van der Waals surface area contributed by atoms with E-state index in [-0.39, 0.29) is 25.1 Å². The molecular weight excluding hydrogens is 417 g/mol. The molecule has 3 atom stereocenters. The van der Waals surface area contributed by atoms with Gasteiger partial charge in [-0.05, 0) is 51.7 Å². The summed E-state index contributed by atoms with van der Waals surface area (Å²) in [6.07, 6.45) is 0.590. The van der Waals surface area contributed by atoms with Crippen LogP contribution in [0.15, 0.2) is 24.3 Å². The van der Waals surface area contributed by atoms with Gasteiger partial charge in [0.25, 0.3) is 0 Å². The molecule has 4 rings (SSSR count). The maximum Gasteiger partial charge on any atom is 0.225 e. The van der Waals surface area contributed by atoms with Crippen LogP contribution in [-0.4, -0.2) is 56.1 Å². The van der Waals surface area contributed by atoms with Crippen LogP contribution in [0.3, 0.4) is 0 Å². The van der Waals surface area contributed by atoms with Crippen LogP contribution in [0, 0.1) is 12.8 Å². The average Bonchev–Trinajstić information content (AvgIpc) is 3.28. The number of anilines is 2. The van der Waals surface area contributed by atoms with Gasteiger partial charge < -0.3 is 20.8 Å². The number of nitrogens with zero attached hydrogens (tertiary/aromatic N) is 3. The number of rotatable bonds is 7. The topological polar surface area (TPSA) is 103 Å². The monoisotopic (exact) mass is 445 g/mol. The first-order valence-electron chi connectivity index (χ1n) is 10.5. The Bertz CT molecular complexity index is 1030. The van der Waals surface area contributed by atoms with E-state index in [9.17, 15) is 14.6 Å². The third kappa shape index (κ3) is 4.94. The summed E-state index contributed by atoms with van der Waals surface area (Å²) in [7, 11) is 0. The zero-order chi connectivity index (χ0) is 22.2. The third-order valence-corrected chi connectivity index (χ3v) is 6.53. The number of hydrogen-bond donors (Lipinski definition) is 4. The molecule has 31 heavy (non-hydrogen) atoms. The SMILES string of the molecule is Cc1nc(NCC(C)(C)F)nc(N[C@@H]2C[C@H](CO)C[C@H]2O)c1-c1nc2ccccc2s1. The Hall–Kier alpha value is -2.36. The first-order chi connectivity index (χ1) is 14.7. The normalized spacial score (nSPS) is 21.5. The number of fused-ring (bicyclic) bond motifs is 1. The minimum atomic E-state index is -1.41. The second-order valence-electron chi connectivity index (χ2n) is 8.75. The minimum Gasteiger partial charge on any atom is -0.396 e. The lowest BCUT2D eigenvalue weighted by atomic mass is 10.1. The number of aryl methyl sites for hydroxylation is 1. The fourth-order valence-electron chi connectivity index (χ4n) is 3.88. The standard InChI is InChI=1S/C22H28FN5O2S/c1-12-18(20-27-14-6-4-5-7-17(14)31-20)19(26-15-8-13(10-29)9-16(15)30)28-21(25-12)24-11-22(2,3)23/h4-7,13,15-16,29-30H,8-11H2,1-3H3,(H2,24,25,26,28)/t13-,15+,16+/m0/s1. The van der Waals surface area contributed by atoms with E-state index in [4.69, 9.17) is 4.98 Å². The van der Waals surface area contributed by atoms with E-state index < -0.39 is 11.8 Å². The molecule has 2 aromatic heterocycles. The van der Waals surface area contributed by atoms with Crippen LogP contribution < -0.4 is 10.6 Å². The van der Waals surface area contributed by atoms with Crippen LogP contribution in [0.2, 0.25) is 0 Å². The van der Waals surface area contributed by atoms with Crippen LogP contribution in [0.5, 0.6) is 0 Å². The zero-order valence-electron chi connectivity index (χ0n) is 17.9. The molecule has 3 aromatic rings. The molecule has 0 bridgehead atoms. The van der Waals surface area contributed by atoms with Crippen molar-refractivity contribution in [3.8, 4) is 10.6 Å². The molecule has 1 aliphatic carbocycles. The quantitative estimate of drug-likeness (QED) is 0.439. The lowest BCUT2D eigenvalue weighted by Crippen LogP contribution is -2.29. The Morgan fingerprint density at radius 1 is 1.19 bits per heavy atom. The van der Waals surface area contributed by atoms with Crippen molar-refractivity contribution in [2.45, 2.75) is 51.4 Å². The highest BCUT2D eigenvalue weighted by Crippen LogP contribution is 2.38. The first kappa shape index (κ1) is 21.9. The Morgan fingerprint density at radius 2 is 1.97 bits per heavy atom. The van der Waals surface area contributed by atoms with Crippen LogP contribution in [0.4, 0.5) is 16.2 Å². The number of aliphatic hydroxyl groups is 2.